The van der Waals surface area contributed by atoms with Crippen molar-refractivity contribution in [3.05, 3.63) is 47.0 Å². The molecular weight excluding hydrogens is 183 g/mol. The first-order chi connectivity index (χ1) is 6.72. The summed E-state index contributed by atoms with van der Waals surface area (Å²) in [4.78, 5) is 11.6. The number of carbonyl (C=O) groups is 1. The third-order valence-electron chi connectivity index (χ3n) is 2.43. The van der Waals surface area contributed by atoms with E-state index in [-0.39, 0.29) is 5.78 Å². The van der Waals surface area contributed by atoms with E-state index < -0.39 is 5.82 Å². The second kappa shape index (κ2) is 3.25. The summed E-state index contributed by atoms with van der Waals surface area (Å²) in [6, 6.07) is 4.19. The normalized spacial score (nSPS) is 18.4. The molecule has 2 nitrogen and oxygen atoms in total. The van der Waals surface area contributed by atoms with E-state index in [0.29, 0.717) is 24.0 Å². The summed E-state index contributed by atoms with van der Waals surface area (Å²) in [5.41, 5.74) is 1.57. The van der Waals surface area contributed by atoms with Crippen LogP contribution in [0.3, 0.4) is 0 Å². The summed E-state index contributed by atoms with van der Waals surface area (Å²) in [6.45, 7) is 0. The van der Waals surface area contributed by atoms with Crippen molar-refractivity contribution in [1.29, 1.82) is 0 Å². The molecule has 1 aromatic rings. The van der Waals surface area contributed by atoms with Crippen LogP contribution in [-0.4, -0.2) is 10.9 Å². The van der Waals surface area contributed by atoms with Gasteiger partial charge >= 0.3 is 0 Å². The zero-order chi connectivity index (χ0) is 10.1. The maximum atomic E-state index is 12.9. The standard InChI is InChI=1S/C11H9FO2/c12-9-4-3-7-1-2-8(6-13)11(14)10(7)5-9/h3-6,13H,1-2H2. The summed E-state index contributed by atoms with van der Waals surface area (Å²) in [7, 11) is 0. The van der Waals surface area contributed by atoms with Gasteiger partial charge in [-0.2, -0.15) is 0 Å². The van der Waals surface area contributed by atoms with Crippen LogP contribution in [0.15, 0.2) is 30.0 Å². The topological polar surface area (TPSA) is 37.3 Å². The Balaban J connectivity index is 2.54. The van der Waals surface area contributed by atoms with Gasteiger partial charge in [0.2, 0.25) is 0 Å². The van der Waals surface area contributed by atoms with Crippen molar-refractivity contribution in [1.82, 2.24) is 0 Å². The fourth-order valence-electron chi connectivity index (χ4n) is 1.66. The molecule has 1 N–H and O–H groups in total. The van der Waals surface area contributed by atoms with Crippen LogP contribution >= 0.6 is 0 Å². The molecule has 14 heavy (non-hydrogen) atoms. The van der Waals surface area contributed by atoms with Crippen molar-refractivity contribution >= 4 is 5.78 Å². The van der Waals surface area contributed by atoms with Gasteiger partial charge in [0.05, 0.1) is 6.26 Å². The van der Waals surface area contributed by atoms with Crippen LogP contribution in [0, 0.1) is 5.82 Å². The van der Waals surface area contributed by atoms with Gasteiger partial charge in [-0.25, -0.2) is 4.39 Å². The minimum absolute atomic E-state index is 0.270. The zero-order valence-corrected chi connectivity index (χ0v) is 7.46. The fourth-order valence-corrected chi connectivity index (χ4v) is 1.66. The molecule has 0 aliphatic heterocycles. The van der Waals surface area contributed by atoms with Crippen LogP contribution in [0.5, 0.6) is 0 Å². The number of aliphatic hydroxyl groups excluding tert-OH is 1. The summed E-state index contributed by atoms with van der Waals surface area (Å²) < 4.78 is 12.9. The fraction of sp³-hybridized carbons (Fsp3) is 0.182. The molecule has 0 aromatic heterocycles. The van der Waals surface area contributed by atoms with E-state index in [4.69, 9.17) is 5.11 Å². The SMILES string of the molecule is O=C1C(=CO)CCc2ccc(F)cc21. The molecule has 3 heteroatoms. The van der Waals surface area contributed by atoms with Crippen molar-refractivity contribution in [2.45, 2.75) is 12.8 Å². The highest BCUT2D eigenvalue weighted by Gasteiger charge is 2.22. The van der Waals surface area contributed by atoms with Crippen molar-refractivity contribution in [2.24, 2.45) is 0 Å². The first-order valence-corrected chi connectivity index (χ1v) is 4.39. The lowest BCUT2D eigenvalue weighted by Gasteiger charge is -2.16. The van der Waals surface area contributed by atoms with Crippen LogP contribution in [-0.2, 0) is 6.42 Å². The second-order valence-electron chi connectivity index (χ2n) is 3.28. The molecule has 0 saturated heterocycles. The molecule has 0 atom stereocenters. The minimum Gasteiger partial charge on any atom is -0.515 e. The van der Waals surface area contributed by atoms with E-state index in [0.717, 1.165) is 11.8 Å². The van der Waals surface area contributed by atoms with Crippen LogP contribution < -0.4 is 0 Å². The number of carbonyl (C=O) groups excluding carboxylic acids is 1. The number of hydrogen-bond acceptors (Lipinski definition) is 2. The number of aliphatic hydroxyl groups is 1. The Morgan fingerprint density at radius 3 is 2.86 bits per heavy atom. The molecule has 0 saturated carbocycles. The molecule has 1 aliphatic carbocycles. The number of fused-ring (bicyclic) bond motifs is 1. The van der Waals surface area contributed by atoms with Gasteiger partial charge < -0.3 is 5.11 Å². The maximum Gasteiger partial charge on any atom is 0.192 e. The first kappa shape index (κ1) is 8.94. The number of hydrogen-bond donors (Lipinski definition) is 1. The van der Waals surface area contributed by atoms with Crippen molar-refractivity contribution in [2.75, 3.05) is 0 Å². The lowest BCUT2D eigenvalue weighted by molar-refractivity contribution is 0.102. The predicted octanol–water partition coefficient (Wildman–Crippen LogP) is 2.40. The van der Waals surface area contributed by atoms with Crippen molar-refractivity contribution < 1.29 is 14.3 Å². The smallest absolute Gasteiger partial charge is 0.192 e. The molecule has 0 heterocycles. The van der Waals surface area contributed by atoms with E-state index in [1.807, 2.05) is 0 Å². The number of halogens is 1. The Morgan fingerprint density at radius 1 is 1.36 bits per heavy atom. The Hall–Kier alpha value is -1.64. The van der Waals surface area contributed by atoms with Crippen molar-refractivity contribution in [3.63, 3.8) is 0 Å². The predicted molar refractivity (Wildman–Crippen MR) is 49.8 cm³/mol. The molecule has 2 rings (SSSR count). The average Bonchev–Trinajstić information content (AvgIpc) is 2.20. The Morgan fingerprint density at radius 2 is 2.14 bits per heavy atom. The summed E-state index contributed by atoms with van der Waals surface area (Å²) in [5, 5.41) is 8.78. The van der Waals surface area contributed by atoms with E-state index >= 15 is 0 Å². The summed E-state index contributed by atoms with van der Waals surface area (Å²) in [6.07, 6.45) is 2.01. The number of Topliss-reactive ketones (excluding diaryl/α,β-unsaturated/α-hetero) is 1. The lowest BCUT2D eigenvalue weighted by atomic mass is 9.87. The number of aryl methyl sites for hydroxylation is 1. The van der Waals surface area contributed by atoms with Crippen molar-refractivity contribution in [3.8, 4) is 0 Å². The van der Waals surface area contributed by atoms with Gasteiger partial charge in [0.15, 0.2) is 5.78 Å². The second-order valence-corrected chi connectivity index (χ2v) is 3.28. The summed E-state index contributed by atoms with van der Waals surface area (Å²) in [5.74, 6) is -0.690. The van der Waals surface area contributed by atoms with E-state index in [1.165, 1.54) is 12.1 Å². The van der Waals surface area contributed by atoms with Crippen LogP contribution in [0.4, 0.5) is 4.39 Å². The third-order valence-corrected chi connectivity index (χ3v) is 2.43. The van der Waals surface area contributed by atoms with Crippen LogP contribution in [0.2, 0.25) is 0 Å². The molecule has 0 unspecified atom stereocenters. The Labute approximate surface area is 80.7 Å². The van der Waals surface area contributed by atoms with E-state index in [2.05, 4.69) is 0 Å². The van der Waals surface area contributed by atoms with E-state index in [9.17, 15) is 9.18 Å². The highest BCUT2D eigenvalue weighted by molar-refractivity contribution is 6.10. The molecule has 0 radical (unpaired) electrons. The summed E-state index contributed by atoms with van der Waals surface area (Å²) >= 11 is 0. The van der Waals surface area contributed by atoms with Gasteiger partial charge in [0.25, 0.3) is 0 Å². The van der Waals surface area contributed by atoms with Gasteiger partial charge in [-0.05, 0) is 30.5 Å². The van der Waals surface area contributed by atoms with Gasteiger partial charge in [0, 0.05) is 11.1 Å². The monoisotopic (exact) mass is 192 g/mol. The quantitative estimate of drug-likeness (QED) is 0.506. The highest BCUT2D eigenvalue weighted by Crippen LogP contribution is 2.25. The lowest BCUT2D eigenvalue weighted by Crippen LogP contribution is -2.14. The minimum atomic E-state index is -0.420. The number of benzene rings is 1. The zero-order valence-electron chi connectivity index (χ0n) is 7.46. The molecule has 0 spiro atoms. The Kier molecular flexibility index (Phi) is 2.08. The third kappa shape index (κ3) is 1.31. The molecular formula is C11H9FO2. The molecule has 0 amide bonds. The number of ketones is 1. The van der Waals surface area contributed by atoms with Gasteiger partial charge in [-0.1, -0.05) is 6.07 Å². The number of rotatable bonds is 0. The molecule has 72 valence electrons. The maximum absolute atomic E-state index is 12.9. The van der Waals surface area contributed by atoms with Crippen LogP contribution in [0.25, 0.3) is 0 Å². The molecule has 1 aromatic carbocycles. The highest BCUT2D eigenvalue weighted by atomic mass is 19.1. The average molecular weight is 192 g/mol. The van der Waals surface area contributed by atoms with Crippen LogP contribution in [0.1, 0.15) is 22.3 Å². The van der Waals surface area contributed by atoms with Gasteiger partial charge in [0.1, 0.15) is 5.82 Å². The largest absolute Gasteiger partial charge is 0.515 e. The molecule has 1 aliphatic rings. The molecule has 0 bridgehead atoms. The van der Waals surface area contributed by atoms with E-state index in [1.54, 1.807) is 6.07 Å². The van der Waals surface area contributed by atoms with Gasteiger partial charge in [-0.3, -0.25) is 4.79 Å². The Bertz CT molecular complexity index is 421. The number of allylic oxidation sites excluding steroid dienone is 1. The first-order valence-electron chi connectivity index (χ1n) is 4.39. The molecule has 0 fully saturated rings. The van der Waals surface area contributed by atoms with Gasteiger partial charge in [-0.15, -0.1) is 0 Å².